The Morgan fingerprint density at radius 1 is 1.15 bits per heavy atom. The SMILES string of the molecule is COC(=O)c1ccc(Oc2cc(Br)ccc2C)c(N)c1. The van der Waals surface area contributed by atoms with E-state index in [1.165, 1.54) is 13.2 Å². The number of nitrogens with two attached hydrogens (primary N) is 1. The Kier molecular flexibility index (Phi) is 4.29. The maximum absolute atomic E-state index is 11.4. The summed E-state index contributed by atoms with van der Waals surface area (Å²) in [6.07, 6.45) is 0. The summed E-state index contributed by atoms with van der Waals surface area (Å²) < 4.78 is 11.3. The Morgan fingerprint density at radius 3 is 2.55 bits per heavy atom. The van der Waals surface area contributed by atoms with Gasteiger partial charge in [0.05, 0.1) is 18.4 Å². The van der Waals surface area contributed by atoms with Crippen LogP contribution in [-0.2, 0) is 4.74 Å². The van der Waals surface area contributed by atoms with Gasteiger partial charge in [-0.25, -0.2) is 4.79 Å². The number of esters is 1. The molecular weight excluding hydrogens is 322 g/mol. The quantitative estimate of drug-likeness (QED) is 0.682. The smallest absolute Gasteiger partial charge is 0.337 e. The van der Waals surface area contributed by atoms with E-state index >= 15 is 0 Å². The summed E-state index contributed by atoms with van der Waals surface area (Å²) in [6.45, 7) is 1.95. The topological polar surface area (TPSA) is 61.5 Å². The fourth-order valence-electron chi connectivity index (χ4n) is 1.69. The maximum atomic E-state index is 11.4. The number of hydrogen-bond donors (Lipinski definition) is 1. The Labute approximate surface area is 125 Å². The molecule has 104 valence electrons. The molecule has 2 aromatic carbocycles. The highest BCUT2D eigenvalue weighted by Gasteiger charge is 2.10. The van der Waals surface area contributed by atoms with E-state index in [9.17, 15) is 4.79 Å². The molecule has 0 aliphatic heterocycles. The van der Waals surface area contributed by atoms with Gasteiger partial charge in [-0.15, -0.1) is 0 Å². The first-order valence-electron chi connectivity index (χ1n) is 5.93. The molecule has 0 amide bonds. The van der Waals surface area contributed by atoms with Crippen molar-refractivity contribution >= 4 is 27.6 Å². The third-order valence-corrected chi connectivity index (χ3v) is 3.29. The minimum Gasteiger partial charge on any atom is -0.465 e. The van der Waals surface area contributed by atoms with Crippen molar-refractivity contribution in [3.05, 3.63) is 52.0 Å². The zero-order chi connectivity index (χ0) is 14.7. The molecule has 0 radical (unpaired) electrons. The van der Waals surface area contributed by atoms with Crippen LogP contribution in [0.3, 0.4) is 0 Å². The van der Waals surface area contributed by atoms with E-state index in [4.69, 9.17) is 10.5 Å². The third-order valence-electron chi connectivity index (χ3n) is 2.80. The van der Waals surface area contributed by atoms with Crippen molar-refractivity contribution in [2.75, 3.05) is 12.8 Å². The number of halogens is 1. The molecule has 0 saturated carbocycles. The normalized spacial score (nSPS) is 10.2. The number of carbonyl (C=O) groups is 1. The van der Waals surface area contributed by atoms with Gasteiger partial charge in [-0.1, -0.05) is 22.0 Å². The summed E-state index contributed by atoms with van der Waals surface area (Å²) in [5.41, 5.74) is 7.67. The van der Waals surface area contributed by atoms with Crippen LogP contribution in [0.2, 0.25) is 0 Å². The zero-order valence-electron chi connectivity index (χ0n) is 11.1. The first-order valence-corrected chi connectivity index (χ1v) is 6.72. The Morgan fingerprint density at radius 2 is 1.90 bits per heavy atom. The van der Waals surface area contributed by atoms with Crippen LogP contribution in [0.15, 0.2) is 40.9 Å². The number of rotatable bonds is 3. The second kappa shape index (κ2) is 5.96. The molecule has 5 heteroatoms. The molecule has 0 atom stereocenters. The van der Waals surface area contributed by atoms with Gasteiger partial charge in [0.15, 0.2) is 0 Å². The number of methoxy groups -OCH3 is 1. The molecule has 0 aliphatic carbocycles. The van der Waals surface area contributed by atoms with Gasteiger partial charge in [-0.05, 0) is 42.8 Å². The Balaban J connectivity index is 2.30. The summed E-state index contributed by atoms with van der Waals surface area (Å²) in [6, 6.07) is 10.6. The van der Waals surface area contributed by atoms with Crippen LogP contribution in [0.1, 0.15) is 15.9 Å². The van der Waals surface area contributed by atoms with Crippen LogP contribution in [0.5, 0.6) is 11.5 Å². The van der Waals surface area contributed by atoms with Gasteiger partial charge in [-0.2, -0.15) is 0 Å². The van der Waals surface area contributed by atoms with E-state index in [0.29, 0.717) is 22.7 Å². The lowest BCUT2D eigenvalue weighted by molar-refractivity contribution is 0.0601. The van der Waals surface area contributed by atoms with E-state index in [2.05, 4.69) is 20.7 Å². The van der Waals surface area contributed by atoms with Crippen molar-refractivity contribution in [1.82, 2.24) is 0 Å². The third kappa shape index (κ3) is 3.11. The molecule has 0 fully saturated rings. The lowest BCUT2D eigenvalue weighted by Crippen LogP contribution is -2.03. The molecule has 2 aromatic rings. The summed E-state index contributed by atoms with van der Waals surface area (Å²) in [5.74, 6) is 0.776. The largest absolute Gasteiger partial charge is 0.465 e. The molecule has 4 nitrogen and oxygen atoms in total. The fraction of sp³-hybridized carbons (Fsp3) is 0.133. The van der Waals surface area contributed by atoms with Crippen LogP contribution in [0, 0.1) is 6.92 Å². The average molecular weight is 336 g/mol. The monoisotopic (exact) mass is 335 g/mol. The van der Waals surface area contributed by atoms with Crippen molar-refractivity contribution in [3.8, 4) is 11.5 Å². The number of carbonyl (C=O) groups excluding carboxylic acids is 1. The van der Waals surface area contributed by atoms with E-state index in [1.807, 2.05) is 25.1 Å². The highest BCUT2D eigenvalue weighted by atomic mass is 79.9. The second-order valence-electron chi connectivity index (χ2n) is 4.26. The fourth-order valence-corrected chi connectivity index (χ4v) is 2.03. The molecule has 0 unspecified atom stereocenters. The van der Waals surface area contributed by atoms with Crippen LogP contribution < -0.4 is 10.5 Å². The van der Waals surface area contributed by atoms with E-state index in [1.54, 1.807) is 12.1 Å². The van der Waals surface area contributed by atoms with Crippen molar-refractivity contribution in [2.45, 2.75) is 6.92 Å². The number of hydrogen-bond acceptors (Lipinski definition) is 4. The number of benzene rings is 2. The van der Waals surface area contributed by atoms with Crippen LogP contribution in [-0.4, -0.2) is 13.1 Å². The lowest BCUT2D eigenvalue weighted by atomic mass is 10.2. The molecule has 2 N–H and O–H groups in total. The van der Waals surface area contributed by atoms with Crippen LogP contribution >= 0.6 is 15.9 Å². The van der Waals surface area contributed by atoms with Gasteiger partial charge in [0, 0.05) is 4.47 Å². The molecular formula is C15H14BrNO3. The molecule has 0 aliphatic rings. The van der Waals surface area contributed by atoms with Gasteiger partial charge in [0.25, 0.3) is 0 Å². The van der Waals surface area contributed by atoms with Crippen molar-refractivity contribution in [3.63, 3.8) is 0 Å². The molecule has 0 bridgehead atoms. The number of ether oxygens (including phenoxy) is 2. The van der Waals surface area contributed by atoms with Gasteiger partial charge < -0.3 is 15.2 Å². The minimum absolute atomic E-state index is 0.382. The number of aryl methyl sites for hydroxylation is 1. The Bertz CT molecular complexity index is 656. The van der Waals surface area contributed by atoms with E-state index in [0.717, 1.165) is 10.0 Å². The molecule has 0 heterocycles. The maximum Gasteiger partial charge on any atom is 0.337 e. The zero-order valence-corrected chi connectivity index (χ0v) is 12.7. The number of anilines is 1. The van der Waals surface area contributed by atoms with Crippen LogP contribution in [0.25, 0.3) is 0 Å². The van der Waals surface area contributed by atoms with Gasteiger partial charge in [0.2, 0.25) is 0 Å². The van der Waals surface area contributed by atoms with Crippen molar-refractivity contribution in [1.29, 1.82) is 0 Å². The number of nitrogen functional groups attached to an aromatic ring is 1. The van der Waals surface area contributed by atoms with Crippen LogP contribution in [0.4, 0.5) is 5.69 Å². The average Bonchev–Trinajstić information content (AvgIpc) is 2.44. The van der Waals surface area contributed by atoms with Gasteiger partial charge in [0.1, 0.15) is 11.5 Å². The highest BCUT2D eigenvalue weighted by molar-refractivity contribution is 9.10. The highest BCUT2D eigenvalue weighted by Crippen LogP contribution is 2.32. The standard InChI is InChI=1S/C15H14BrNO3/c1-9-3-5-11(16)8-14(9)20-13-6-4-10(7-12(13)17)15(18)19-2/h3-8H,17H2,1-2H3. The summed E-state index contributed by atoms with van der Waals surface area (Å²) in [5, 5.41) is 0. The van der Waals surface area contributed by atoms with E-state index in [-0.39, 0.29) is 0 Å². The van der Waals surface area contributed by atoms with Crippen molar-refractivity contribution < 1.29 is 14.3 Å². The van der Waals surface area contributed by atoms with Gasteiger partial charge >= 0.3 is 5.97 Å². The predicted octanol–water partition coefficient (Wildman–Crippen LogP) is 3.92. The van der Waals surface area contributed by atoms with E-state index < -0.39 is 5.97 Å². The minimum atomic E-state index is -0.429. The first-order chi connectivity index (χ1) is 9.51. The summed E-state index contributed by atoms with van der Waals surface area (Å²) >= 11 is 3.40. The Hall–Kier alpha value is -2.01. The summed E-state index contributed by atoms with van der Waals surface area (Å²) in [4.78, 5) is 11.4. The molecule has 0 aromatic heterocycles. The predicted molar refractivity (Wildman–Crippen MR) is 81.1 cm³/mol. The second-order valence-corrected chi connectivity index (χ2v) is 5.17. The molecule has 0 saturated heterocycles. The molecule has 0 spiro atoms. The molecule has 20 heavy (non-hydrogen) atoms. The lowest BCUT2D eigenvalue weighted by Gasteiger charge is -2.12. The molecule has 2 rings (SSSR count). The first kappa shape index (κ1) is 14.4. The summed E-state index contributed by atoms with van der Waals surface area (Å²) in [7, 11) is 1.33. The van der Waals surface area contributed by atoms with Gasteiger partial charge in [-0.3, -0.25) is 0 Å². The van der Waals surface area contributed by atoms with Crippen molar-refractivity contribution in [2.24, 2.45) is 0 Å².